The maximum Gasteiger partial charge on any atom is 0.240 e. The lowest BCUT2D eigenvalue weighted by molar-refractivity contribution is 0.0626. The van der Waals surface area contributed by atoms with Crippen LogP contribution in [0.1, 0.15) is 18.9 Å². The lowest BCUT2D eigenvalue weighted by Gasteiger charge is -2.23. The molecule has 1 aromatic carbocycles. The summed E-state index contributed by atoms with van der Waals surface area (Å²) in [7, 11) is -3.67. The van der Waals surface area contributed by atoms with E-state index in [2.05, 4.69) is 4.72 Å². The van der Waals surface area contributed by atoms with Gasteiger partial charge < -0.3 is 5.11 Å². The van der Waals surface area contributed by atoms with Gasteiger partial charge in [0.15, 0.2) is 0 Å². The molecule has 0 bridgehead atoms. The average Bonchev–Trinajstić information content (AvgIpc) is 2.37. The Morgan fingerprint density at radius 2 is 2.10 bits per heavy atom. The summed E-state index contributed by atoms with van der Waals surface area (Å²) < 4.78 is 26.9. The molecular formula is C13H20ClNO3S2. The molecule has 2 N–H and O–H groups in total. The molecule has 0 aliphatic carbocycles. The lowest BCUT2D eigenvalue weighted by atomic mass is 10.1. The third kappa shape index (κ3) is 4.93. The van der Waals surface area contributed by atoms with Crippen LogP contribution in [0.25, 0.3) is 0 Å². The Kier molecular flexibility index (Phi) is 6.34. The predicted molar refractivity (Wildman–Crippen MR) is 85.0 cm³/mol. The van der Waals surface area contributed by atoms with E-state index < -0.39 is 15.6 Å². The van der Waals surface area contributed by atoms with Crippen molar-refractivity contribution < 1.29 is 13.5 Å². The molecule has 0 heterocycles. The highest BCUT2D eigenvalue weighted by atomic mass is 35.5. The zero-order chi connectivity index (χ0) is 15.4. The van der Waals surface area contributed by atoms with Gasteiger partial charge in [0, 0.05) is 11.6 Å². The van der Waals surface area contributed by atoms with Gasteiger partial charge in [-0.15, -0.1) is 0 Å². The second kappa shape index (κ2) is 7.13. The number of aliphatic hydroxyl groups is 1. The lowest BCUT2D eigenvalue weighted by Crippen LogP contribution is -2.41. The van der Waals surface area contributed by atoms with Gasteiger partial charge in [0.2, 0.25) is 10.0 Å². The van der Waals surface area contributed by atoms with Crippen LogP contribution in [0.15, 0.2) is 23.1 Å². The SMILES string of the molecule is CSCC[C@](C)(O)CNS(=O)(=O)c1cccc(Cl)c1C. The monoisotopic (exact) mass is 337 g/mol. The Bertz CT molecular complexity index is 559. The molecule has 0 fully saturated rings. The molecule has 0 spiro atoms. The normalized spacial score (nSPS) is 15.1. The molecule has 1 rings (SSSR count). The van der Waals surface area contributed by atoms with Crippen LogP contribution < -0.4 is 4.72 Å². The summed E-state index contributed by atoms with van der Waals surface area (Å²) in [5.41, 5.74) is -0.562. The van der Waals surface area contributed by atoms with E-state index in [0.717, 1.165) is 5.75 Å². The number of rotatable bonds is 7. The van der Waals surface area contributed by atoms with Crippen LogP contribution in [0, 0.1) is 6.92 Å². The molecule has 1 aromatic rings. The number of nitrogens with one attached hydrogen (secondary N) is 1. The van der Waals surface area contributed by atoms with Gasteiger partial charge >= 0.3 is 0 Å². The van der Waals surface area contributed by atoms with Crippen LogP contribution in [0.3, 0.4) is 0 Å². The first-order valence-corrected chi connectivity index (χ1v) is 9.41. The molecule has 0 amide bonds. The highest BCUT2D eigenvalue weighted by molar-refractivity contribution is 7.98. The first-order chi connectivity index (χ1) is 9.19. The van der Waals surface area contributed by atoms with Crippen LogP contribution >= 0.6 is 23.4 Å². The van der Waals surface area contributed by atoms with Gasteiger partial charge in [-0.05, 0) is 50.0 Å². The minimum atomic E-state index is -3.67. The highest BCUT2D eigenvalue weighted by Crippen LogP contribution is 2.23. The molecular weight excluding hydrogens is 318 g/mol. The zero-order valence-corrected chi connectivity index (χ0v) is 14.2. The molecule has 0 aliphatic rings. The number of hydrogen-bond donors (Lipinski definition) is 2. The third-order valence-corrected chi connectivity index (χ3v) is 5.56. The molecule has 0 unspecified atom stereocenters. The molecule has 0 aliphatic heterocycles. The van der Waals surface area contributed by atoms with Crippen molar-refractivity contribution in [2.45, 2.75) is 30.8 Å². The van der Waals surface area contributed by atoms with Crippen LogP contribution in [0.2, 0.25) is 5.02 Å². The van der Waals surface area contributed by atoms with Crippen LogP contribution in [0.4, 0.5) is 0 Å². The first kappa shape index (κ1) is 17.8. The van der Waals surface area contributed by atoms with Gasteiger partial charge in [-0.1, -0.05) is 17.7 Å². The van der Waals surface area contributed by atoms with Crippen molar-refractivity contribution in [3.63, 3.8) is 0 Å². The van der Waals surface area contributed by atoms with E-state index in [1.807, 2.05) is 6.26 Å². The van der Waals surface area contributed by atoms with E-state index in [-0.39, 0.29) is 11.4 Å². The summed E-state index contributed by atoms with van der Waals surface area (Å²) in [6.07, 6.45) is 2.46. The standard InChI is InChI=1S/C13H20ClNO3S2/c1-10-11(14)5-4-6-12(10)20(17,18)15-9-13(2,16)7-8-19-3/h4-6,15-16H,7-9H2,1-3H3/t13-/m0/s1. The predicted octanol–water partition coefficient (Wildman–Crippen LogP) is 2.43. The fourth-order valence-corrected chi connectivity index (χ4v) is 3.92. The summed E-state index contributed by atoms with van der Waals surface area (Å²) in [5.74, 6) is 0.769. The summed E-state index contributed by atoms with van der Waals surface area (Å²) in [4.78, 5) is 0.144. The van der Waals surface area contributed by atoms with E-state index in [1.54, 1.807) is 37.7 Å². The highest BCUT2D eigenvalue weighted by Gasteiger charge is 2.25. The molecule has 114 valence electrons. The maximum absolute atomic E-state index is 12.2. The first-order valence-electron chi connectivity index (χ1n) is 6.16. The maximum atomic E-state index is 12.2. The summed E-state index contributed by atoms with van der Waals surface area (Å²) in [6.45, 7) is 3.25. The largest absolute Gasteiger partial charge is 0.389 e. The molecule has 0 radical (unpaired) electrons. The Labute approximate surface area is 130 Å². The summed E-state index contributed by atoms with van der Waals surface area (Å²) in [5, 5.41) is 10.5. The van der Waals surface area contributed by atoms with Crippen molar-refractivity contribution in [3.8, 4) is 0 Å². The molecule has 0 aromatic heterocycles. The van der Waals surface area contributed by atoms with Crippen LogP contribution in [-0.2, 0) is 10.0 Å². The van der Waals surface area contributed by atoms with E-state index in [9.17, 15) is 13.5 Å². The van der Waals surface area contributed by atoms with E-state index in [4.69, 9.17) is 11.6 Å². The second-order valence-corrected chi connectivity index (χ2v) is 8.06. The Balaban J connectivity index is 2.83. The van der Waals surface area contributed by atoms with E-state index >= 15 is 0 Å². The smallest absolute Gasteiger partial charge is 0.240 e. The van der Waals surface area contributed by atoms with Crippen LogP contribution in [0.5, 0.6) is 0 Å². The number of hydrogen-bond acceptors (Lipinski definition) is 4. The van der Waals surface area contributed by atoms with Crippen molar-refractivity contribution in [2.75, 3.05) is 18.6 Å². The van der Waals surface area contributed by atoms with Crippen molar-refractivity contribution in [2.24, 2.45) is 0 Å². The van der Waals surface area contributed by atoms with Crippen molar-refractivity contribution >= 4 is 33.4 Å². The minimum absolute atomic E-state index is 0.0259. The Hall–Kier alpha value is -0.270. The topological polar surface area (TPSA) is 66.4 Å². The van der Waals surface area contributed by atoms with Gasteiger partial charge in [0.1, 0.15) is 0 Å². The van der Waals surface area contributed by atoms with Gasteiger partial charge in [-0.25, -0.2) is 13.1 Å². The molecule has 0 saturated carbocycles. The minimum Gasteiger partial charge on any atom is -0.389 e. The molecule has 0 saturated heterocycles. The summed E-state index contributed by atoms with van der Waals surface area (Å²) >= 11 is 7.54. The molecule has 4 nitrogen and oxygen atoms in total. The van der Waals surface area contributed by atoms with Crippen LogP contribution in [-0.4, -0.2) is 37.7 Å². The van der Waals surface area contributed by atoms with E-state index in [1.165, 1.54) is 6.07 Å². The molecule has 20 heavy (non-hydrogen) atoms. The van der Waals surface area contributed by atoms with Gasteiger partial charge in [0.05, 0.1) is 10.5 Å². The Morgan fingerprint density at radius 1 is 1.45 bits per heavy atom. The van der Waals surface area contributed by atoms with Crippen molar-refractivity contribution in [1.82, 2.24) is 4.72 Å². The van der Waals surface area contributed by atoms with Gasteiger partial charge in [-0.3, -0.25) is 0 Å². The average molecular weight is 338 g/mol. The fraction of sp³-hybridized carbons (Fsp3) is 0.538. The van der Waals surface area contributed by atoms with Gasteiger partial charge in [-0.2, -0.15) is 11.8 Å². The third-order valence-electron chi connectivity index (χ3n) is 3.00. The number of thioether (sulfide) groups is 1. The molecule has 1 atom stereocenters. The fourth-order valence-electron chi connectivity index (χ4n) is 1.62. The molecule has 7 heteroatoms. The van der Waals surface area contributed by atoms with Crippen molar-refractivity contribution in [1.29, 1.82) is 0 Å². The quantitative estimate of drug-likeness (QED) is 0.802. The van der Waals surface area contributed by atoms with E-state index in [0.29, 0.717) is 17.0 Å². The number of halogens is 1. The zero-order valence-electron chi connectivity index (χ0n) is 11.8. The Morgan fingerprint density at radius 3 is 2.70 bits per heavy atom. The summed E-state index contributed by atoms with van der Waals surface area (Å²) in [6, 6.07) is 4.74. The number of sulfonamides is 1. The van der Waals surface area contributed by atoms with Gasteiger partial charge in [0.25, 0.3) is 0 Å². The second-order valence-electron chi connectivity index (χ2n) is 4.93. The van der Waals surface area contributed by atoms with Crippen molar-refractivity contribution in [3.05, 3.63) is 28.8 Å². The number of benzene rings is 1.